The van der Waals surface area contributed by atoms with E-state index in [1.165, 1.54) is 12.1 Å². The molecular weight excluding hydrogens is 400 g/mol. The molecule has 0 atom stereocenters. The molecule has 0 spiro atoms. The van der Waals surface area contributed by atoms with E-state index in [1.807, 2.05) is 30.3 Å². The average molecular weight is 420 g/mol. The summed E-state index contributed by atoms with van der Waals surface area (Å²) in [6.45, 7) is 1.50. The predicted molar refractivity (Wildman–Crippen MR) is 111 cm³/mol. The highest BCUT2D eigenvalue weighted by Crippen LogP contribution is 2.34. The van der Waals surface area contributed by atoms with Gasteiger partial charge in [0.25, 0.3) is 0 Å². The first-order valence-electron chi connectivity index (χ1n) is 8.74. The normalized spacial score (nSPS) is 10.7. The van der Waals surface area contributed by atoms with E-state index >= 15 is 0 Å². The van der Waals surface area contributed by atoms with Gasteiger partial charge in [0, 0.05) is 29.2 Å². The lowest BCUT2D eigenvalue weighted by Crippen LogP contribution is -2.13. The molecule has 0 bridgehead atoms. The molecule has 146 valence electrons. The highest BCUT2D eigenvalue weighted by molar-refractivity contribution is 6.31. The van der Waals surface area contributed by atoms with Crippen LogP contribution in [0, 0.1) is 5.82 Å². The summed E-state index contributed by atoms with van der Waals surface area (Å²) in [4.78, 5) is 0. The molecule has 28 heavy (non-hydrogen) atoms. The Labute approximate surface area is 174 Å². The molecule has 0 aliphatic carbocycles. The number of halogens is 3. The van der Waals surface area contributed by atoms with Gasteiger partial charge in [-0.2, -0.15) is 0 Å². The van der Waals surface area contributed by atoms with E-state index in [4.69, 9.17) is 32.7 Å². The first-order valence-corrected chi connectivity index (χ1v) is 9.49. The first-order chi connectivity index (χ1) is 13.5. The number of benzene rings is 3. The van der Waals surface area contributed by atoms with Gasteiger partial charge in [-0.15, -0.1) is 0 Å². The molecule has 3 rings (SSSR count). The van der Waals surface area contributed by atoms with Crippen LogP contribution in [0.5, 0.6) is 11.5 Å². The van der Waals surface area contributed by atoms with Gasteiger partial charge in [-0.05, 0) is 47.0 Å². The van der Waals surface area contributed by atoms with E-state index in [0.29, 0.717) is 41.2 Å². The SMILES string of the molecule is COc1cc(CNCc2ccc(F)cc2)c(Cl)cc1OCc1cccc(Cl)c1. The van der Waals surface area contributed by atoms with Crippen LogP contribution in [0.4, 0.5) is 4.39 Å². The molecule has 0 aliphatic rings. The van der Waals surface area contributed by atoms with Crippen molar-refractivity contribution >= 4 is 23.2 Å². The third-order valence-electron chi connectivity index (χ3n) is 4.17. The lowest BCUT2D eigenvalue weighted by Gasteiger charge is -2.14. The summed E-state index contributed by atoms with van der Waals surface area (Å²) in [7, 11) is 1.59. The Hall–Kier alpha value is -2.27. The molecule has 0 saturated heterocycles. The number of ether oxygens (including phenoxy) is 2. The van der Waals surface area contributed by atoms with Crippen LogP contribution in [0.3, 0.4) is 0 Å². The standard InChI is InChI=1S/C22H20Cl2FNO2/c1-27-21-10-17(13-26-12-15-5-7-19(25)8-6-15)20(24)11-22(21)28-14-16-3-2-4-18(23)9-16/h2-11,26H,12-14H2,1H3. The number of methoxy groups -OCH3 is 1. The highest BCUT2D eigenvalue weighted by Gasteiger charge is 2.11. The maximum Gasteiger partial charge on any atom is 0.163 e. The van der Waals surface area contributed by atoms with Gasteiger partial charge in [-0.25, -0.2) is 4.39 Å². The highest BCUT2D eigenvalue weighted by atomic mass is 35.5. The van der Waals surface area contributed by atoms with Crippen molar-refractivity contribution < 1.29 is 13.9 Å². The summed E-state index contributed by atoms with van der Waals surface area (Å²) < 4.78 is 24.3. The minimum Gasteiger partial charge on any atom is -0.493 e. The van der Waals surface area contributed by atoms with Crippen molar-refractivity contribution in [1.29, 1.82) is 0 Å². The third-order valence-corrected chi connectivity index (χ3v) is 4.76. The molecule has 3 aromatic rings. The van der Waals surface area contributed by atoms with Gasteiger partial charge in [-0.3, -0.25) is 0 Å². The molecule has 0 radical (unpaired) electrons. The smallest absolute Gasteiger partial charge is 0.163 e. The number of hydrogen-bond donors (Lipinski definition) is 1. The van der Waals surface area contributed by atoms with E-state index in [2.05, 4.69) is 5.32 Å². The Kier molecular flexibility index (Phi) is 7.15. The lowest BCUT2D eigenvalue weighted by molar-refractivity contribution is 0.284. The Morgan fingerprint density at radius 2 is 1.68 bits per heavy atom. The number of nitrogens with one attached hydrogen (secondary N) is 1. The summed E-state index contributed by atoms with van der Waals surface area (Å²) >= 11 is 12.4. The summed E-state index contributed by atoms with van der Waals surface area (Å²) in [6, 6.07) is 17.5. The Bertz CT molecular complexity index is 932. The summed E-state index contributed by atoms with van der Waals surface area (Å²) in [5.41, 5.74) is 2.83. The monoisotopic (exact) mass is 419 g/mol. The van der Waals surface area contributed by atoms with Gasteiger partial charge >= 0.3 is 0 Å². The zero-order valence-electron chi connectivity index (χ0n) is 15.3. The molecule has 0 amide bonds. The van der Waals surface area contributed by atoms with E-state index in [0.717, 1.165) is 16.7 Å². The fourth-order valence-corrected chi connectivity index (χ4v) is 3.15. The molecule has 0 heterocycles. The second-order valence-electron chi connectivity index (χ2n) is 6.24. The van der Waals surface area contributed by atoms with Crippen LogP contribution in [0.2, 0.25) is 10.0 Å². The van der Waals surface area contributed by atoms with Crippen LogP contribution >= 0.6 is 23.2 Å². The molecule has 1 N–H and O–H groups in total. The first kappa shape index (κ1) is 20.5. The van der Waals surface area contributed by atoms with Crippen molar-refractivity contribution in [3.05, 3.63) is 93.2 Å². The van der Waals surface area contributed by atoms with Crippen LogP contribution in [0.1, 0.15) is 16.7 Å². The van der Waals surface area contributed by atoms with Crippen LogP contribution in [-0.2, 0) is 19.7 Å². The largest absolute Gasteiger partial charge is 0.493 e. The van der Waals surface area contributed by atoms with Crippen LogP contribution in [0.25, 0.3) is 0 Å². The minimum atomic E-state index is -0.245. The molecule has 0 aliphatic heterocycles. The van der Waals surface area contributed by atoms with Gasteiger partial charge in [0.2, 0.25) is 0 Å². The second kappa shape index (κ2) is 9.78. The molecular formula is C22H20Cl2FNO2. The zero-order valence-corrected chi connectivity index (χ0v) is 16.9. The van der Waals surface area contributed by atoms with Crippen LogP contribution in [-0.4, -0.2) is 7.11 Å². The number of hydrogen-bond acceptors (Lipinski definition) is 3. The quantitative estimate of drug-likeness (QED) is 0.484. The number of rotatable bonds is 8. The summed E-state index contributed by atoms with van der Waals surface area (Å²) in [5, 5.41) is 4.53. The second-order valence-corrected chi connectivity index (χ2v) is 7.09. The predicted octanol–water partition coefficient (Wildman–Crippen LogP) is 6.01. The topological polar surface area (TPSA) is 30.5 Å². The van der Waals surface area contributed by atoms with Crippen molar-refractivity contribution in [2.45, 2.75) is 19.7 Å². The van der Waals surface area contributed by atoms with E-state index < -0.39 is 0 Å². The van der Waals surface area contributed by atoms with Gasteiger partial charge < -0.3 is 14.8 Å². The Morgan fingerprint density at radius 3 is 2.39 bits per heavy atom. The molecule has 0 saturated carbocycles. The lowest BCUT2D eigenvalue weighted by atomic mass is 10.1. The molecule has 6 heteroatoms. The molecule has 3 aromatic carbocycles. The summed E-state index contributed by atoms with van der Waals surface area (Å²) in [6.07, 6.45) is 0. The molecule has 3 nitrogen and oxygen atoms in total. The molecule has 0 unspecified atom stereocenters. The van der Waals surface area contributed by atoms with E-state index in [1.54, 1.807) is 25.3 Å². The van der Waals surface area contributed by atoms with Gasteiger partial charge in [0.15, 0.2) is 11.5 Å². The minimum absolute atomic E-state index is 0.245. The van der Waals surface area contributed by atoms with Crippen LogP contribution in [0.15, 0.2) is 60.7 Å². The van der Waals surface area contributed by atoms with Crippen molar-refractivity contribution in [2.75, 3.05) is 7.11 Å². The molecule has 0 fully saturated rings. The van der Waals surface area contributed by atoms with Gasteiger partial charge in [0.05, 0.1) is 7.11 Å². The van der Waals surface area contributed by atoms with Crippen molar-refractivity contribution in [1.82, 2.24) is 5.32 Å². The van der Waals surface area contributed by atoms with E-state index in [9.17, 15) is 4.39 Å². The Balaban J connectivity index is 1.64. The van der Waals surface area contributed by atoms with Gasteiger partial charge in [0.1, 0.15) is 12.4 Å². The fourth-order valence-electron chi connectivity index (χ4n) is 2.72. The molecule has 0 aromatic heterocycles. The Morgan fingerprint density at radius 1 is 0.893 bits per heavy atom. The summed E-state index contributed by atoms with van der Waals surface area (Å²) in [5.74, 6) is 0.921. The van der Waals surface area contributed by atoms with Crippen molar-refractivity contribution in [2.24, 2.45) is 0 Å². The average Bonchev–Trinajstić information content (AvgIpc) is 2.69. The maximum atomic E-state index is 13.0. The van der Waals surface area contributed by atoms with E-state index in [-0.39, 0.29) is 5.82 Å². The van der Waals surface area contributed by atoms with Crippen molar-refractivity contribution in [3.63, 3.8) is 0 Å². The van der Waals surface area contributed by atoms with Crippen LogP contribution < -0.4 is 14.8 Å². The fraction of sp³-hybridized carbons (Fsp3) is 0.182. The zero-order chi connectivity index (χ0) is 19.9. The maximum absolute atomic E-state index is 13.0. The van der Waals surface area contributed by atoms with Gasteiger partial charge in [-0.1, -0.05) is 47.5 Å². The third kappa shape index (κ3) is 5.61. The van der Waals surface area contributed by atoms with Crippen molar-refractivity contribution in [3.8, 4) is 11.5 Å².